The van der Waals surface area contributed by atoms with Crippen LogP contribution >= 0.6 is 0 Å². The molecule has 0 aliphatic carbocycles. The lowest BCUT2D eigenvalue weighted by Gasteiger charge is -2.15. The minimum Gasteiger partial charge on any atom is -0.497 e. The number of benzene rings is 1. The molecular formula is C13H15NO4. The van der Waals surface area contributed by atoms with Gasteiger partial charge in [0.1, 0.15) is 11.7 Å². The molecule has 2 rings (SSSR count). The number of methoxy groups -OCH3 is 2. The third-order valence-electron chi connectivity index (χ3n) is 3.18. The fourth-order valence-electron chi connectivity index (χ4n) is 2.18. The van der Waals surface area contributed by atoms with Gasteiger partial charge in [-0.05, 0) is 17.7 Å². The van der Waals surface area contributed by atoms with Crippen LogP contribution in [0.25, 0.3) is 0 Å². The van der Waals surface area contributed by atoms with Crippen LogP contribution in [-0.4, -0.2) is 32.6 Å². The van der Waals surface area contributed by atoms with Gasteiger partial charge in [0.25, 0.3) is 0 Å². The van der Waals surface area contributed by atoms with E-state index in [0.29, 0.717) is 6.54 Å². The molecule has 1 aliphatic rings. The molecule has 1 amide bonds. The van der Waals surface area contributed by atoms with Crippen molar-refractivity contribution in [3.05, 3.63) is 29.8 Å². The zero-order valence-corrected chi connectivity index (χ0v) is 10.3. The lowest BCUT2D eigenvalue weighted by atomic mass is 9.88. The molecule has 1 fully saturated rings. The van der Waals surface area contributed by atoms with Gasteiger partial charge in [0.15, 0.2) is 0 Å². The van der Waals surface area contributed by atoms with E-state index in [-0.39, 0.29) is 11.8 Å². The zero-order chi connectivity index (χ0) is 13.1. The smallest absolute Gasteiger partial charge is 0.318 e. The van der Waals surface area contributed by atoms with E-state index in [2.05, 4.69) is 10.1 Å². The van der Waals surface area contributed by atoms with Crippen LogP contribution in [0.15, 0.2) is 24.3 Å². The van der Waals surface area contributed by atoms with Crippen LogP contribution in [0.4, 0.5) is 0 Å². The summed E-state index contributed by atoms with van der Waals surface area (Å²) in [6.45, 7) is 0.449. The Balaban J connectivity index is 2.25. The van der Waals surface area contributed by atoms with E-state index in [1.54, 1.807) is 7.11 Å². The Morgan fingerprint density at radius 3 is 2.50 bits per heavy atom. The van der Waals surface area contributed by atoms with E-state index in [1.807, 2.05) is 24.3 Å². The van der Waals surface area contributed by atoms with Gasteiger partial charge >= 0.3 is 5.97 Å². The molecule has 0 radical (unpaired) electrons. The fraction of sp³-hybridized carbons (Fsp3) is 0.385. The van der Waals surface area contributed by atoms with E-state index < -0.39 is 11.9 Å². The van der Waals surface area contributed by atoms with Crippen LogP contribution in [0.5, 0.6) is 5.75 Å². The first-order chi connectivity index (χ1) is 8.67. The van der Waals surface area contributed by atoms with Crippen molar-refractivity contribution in [3.63, 3.8) is 0 Å². The van der Waals surface area contributed by atoms with E-state index in [9.17, 15) is 9.59 Å². The van der Waals surface area contributed by atoms with Crippen molar-refractivity contribution < 1.29 is 19.1 Å². The molecule has 5 heteroatoms. The first-order valence-electron chi connectivity index (χ1n) is 5.67. The van der Waals surface area contributed by atoms with Crippen molar-refractivity contribution in [1.29, 1.82) is 0 Å². The van der Waals surface area contributed by atoms with E-state index in [1.165, 1.54) is 7.11 Å². The highest BCUT2D eigenvalue weighted by Gasteiger charge is 2.41. The molecule has 0 aromatic heterocycles. The number of nitrogens with one attached hydrogen (secondary N) is 1. The Bertz CT molecular complexity index is 455. The number of hydrogen-bond donors (Lipinski definition) is 1. The van der Waals surface area contributed by atoms with Crippen molar-refractivity contribution in [3.8, 4) is 5.75 Å². The van der Waals surface area contributed by atoms with Crippen molar-refractivity contribution in [1.82, 2.24) is 5.32 Å². The minimum absolute atomic E-state index is 0.184. The van der Waals surface area contributed by atoms with Gasteiger partial charge in [0, 0.05) is 12.5 Å². The second-order valence-corrected chi connectivity index (χ2v) is 4.13. The zero-order valence-electron chi connectivity index (χ0n) is 10.3. The number of carbonyl (C=O) groups is 2. The normalized spacial score (nSPS) is 22.4. The maximum atomic E-state index is 11.6. The molecular weight excluding hydrogens is 234 g/mol. The Morgan fingerprint density at radius 1 is 1.28 bits per heavy atom. The topological polar surface area (TPSA) is 64.6 Å². The summed E-state index contributed by atoms with van der Waals surface area (Å²) in [5, 5.41) is 2.69. The van der Waals surface area contributed by atoms with Crippen LogP contribution < -0.4 is 10.1 Å². The van der Waals surface area contributed by atoms with Crippen LogP contribution in [0.1, 0.15) is 11.5 Å². The number of amides is 1. The SMILES string of the molecule is COC(=O)[C@@H]1C(=O)NC[C@@H]1c1ccc(OC)cc1. The molecule has 5 nitrogen and oxygen atoms in total. The molecule has 1 heterocycles. The van der Waals surface area contributed by atoms with Gasteiger partial charge in [-0.1, -0.05) is 12.1 Å². The van der Waals surface area contributed by atoms with Gasteiger partial charge < -0.3 is 14.8 Å². The van der Waals surface area contributed by atoms with Gasteiger partial charge in [0.05, 0.1) is 14.2 Å². The number of esters is 1. The van der Waals surface area contributed by atoms with E-state index >= 15 is 0 Å². The Kier molecular flexibility index (Phi) is 3.50. The van der Waals surface area contributed by atoms with Gasteiger partial charge in [-0.3, -0.25) is 9.59 Å². The van der Waals surface area contributed by atoms with Crippen molar-refractivity contribution >= 4 is 11.9 Å². The maximum absolute atomic E-state index is 11.6. The summed E-state index contributed by atoms with van der Waals surface area (Å²) < 4.78 is 9.75. The summed E-state index contributed by atoms with van der Waals surface area (Å²) in [4.78, 5) is 23.3. The predicted octanol–water partition coefficient (Wildman–Crippen LogP) is 0.698. The summed E-state index contributed by atoms with van der Waals surface area (Å²) in [6, 6.07) is 7.35. The first kappa shape index (κ1) is 12.4. The standard InChI is InChI=1S/C13H15NO4/c1-17-9-5-3-8(4-6-9)10-7-14-12(15)11(10)13(16)18-2/h3-6,10-11H,7H2,1-2H3,(H,14,15)/t10-,11+/m1/s1. The first-order valence-corrected chi connectivity index (χ1v) is 5.67. The summed E-state index contributed by atoms with van der Waals surface area (Å²) >= 11 is 0. The van der Waals surface area contributed by atoms with E-state index in [0.717, 1.165) is 11.3 Å². The minimum atomic E-state index is -0.761. The summed E-state index contributed by atoms with van der Waals surface area (Å²) in [6.07, 6.45) is 0. The van der Waals surface area contributed by atoms with Crippen molar-refractivity contribution in [2.75, 3.05) is 20.8 Å². The Morgan fingerprint density at radius 2 is 1.94 bits per heavy atom. The third kappa shape index (κ3) is 2.16. The fourth-order valence-corrected chi connectivity index (χ4v) is 2.18. The number of rotatable bonds is 3. The molecule has 1 aliphatic heterocycles. The van der Waals surface area contributed by atoms with Gasteiger partial charge in [-0.25, -0.2) is 0 Å². The Labute approximate surface area is 105 Å². The van der Waals surface area contributed by atoms with Gasteiger partial charge in [0.2, 0.25) is 5.91 Å². The Hall–Kier alpha value is -2.04. The molecule has 2 atom stereocenters. The van der Waals surface area contributed by atoms with Gasteiger partial charge in [-0.15, -0.1) is 0 Å². The monoisotopic (exact) mass is 249 g/mol. The van der Waals surface area contributed by atoms with Gasteiger partial charge in [-0.2, -0.15) is 0 Å². The number of ether oxygens (including phenoxy) is 2. The van der Waals surface area contributed by atoms with Crippen molar-refractivity contribution in [2.45, 2.75) is 5.92 Å². The van der Waals surface area contributed by atoms with E-state index in [4.69, 9.17) is 4.74 Å². The summed E-state index contributed by atoms with van der Waals surface area (Å²) in [5.74, 6) is -0.974. The van der Waals surface area contributed by atoms with Crippen LogP contribution in [0.3, 0.4) is 0 Å². The second-order valence-electron chi connectivity index (χ2n) is 4.13. The molecule has 0 unspecified atom stereocenters. The lowest BCUT2D eigenvalue weighted by Crippen LogP contribution is -2.28. The quantitative estimate of drug-likeness (QED) is 0.632. The van der Waals surface area contributed by atoms with Crippen LogP contribution in [0.2, 0.25) is 0 Å². The molecule has 1 saturated heterocycles. The summed E-state index contributed by atoms with van der Waals surface area (Å²) in [7, 11) is 2.88. The molecule has 0 spiro atoms. The highest BCUT2D eigenvalue weighted by Crippen LogP contribution is 2.30. The highest BCUT2D eigenvalue weighted by atomic mass is 16.5. The molecule has 18 heavy (non-hydrogen) atoms. The molecule has 0 saturated carbocycles. The third-order valence-corrected chi connectivity index (χ3v) is 3.18. The molecule has 1 aromatic rings. The largest absolute Gasteiger partial charge is 0.497 e. The summed E-state index contributed by atoms with van der Waals surface area (Å²) in [5.41, 5.74) is 0.921. The molecule has 96 valence electrons. The lowest BCUT2D eigenvalue weighted by molar-refractivity contribution is -0.149. The predicted molar refractivity (Wildman–Crippen MR) is 64.3 cm³/mol. The molecule has 1 N–H and O–H groups in total. The number of carbonyl (C=O) groups excluding carboxylic acids is 2. The molecule has 0 bridgehead atoms. The van der Waals surface area contributed by atoms with Crippen LogP contribution in [-0.2, 0) is 14.3 Å². The average Bonchev–Trinajstić information content (AvgIpc) is 2.80. The average molecular weight is 249 g/mol. The molecule has 1 aromatic carbocycles. The van der Waals surface area contributed by atoms with Crippen LogP contribution in [0, 0.1) is 5.92 Å². The second kappa shape index (κ2) is 5.08. The number of hydrogen-bond acceptors (Lipinski definition) is 4. The van der Waals surface area contributed by atoms with Crippen molar-refractivity contribution in [2.24, 2.45) is 5.92 Å². The maximum Gasteiger partial charge on any atom is 0.318 e. The highest BCUT2D eigenvalue weighted by molar-refractivity contribution is 6.00.